The van der Waals surface area contributed by atoms with E-state index in [0.29, 0.717) is 13.2 Å². The largest absolute Gasteiger partial charge is 0.491 e. The SMILES string of the molecule is OC(COc1ccc(Cc2ccc(OCC(O)CSCCC3SCCS3)cc2)cc1)CSCCC1SCCS1. The van der Waals surface area contributed by atoms with Gasteiger partial charge in [-0.3, -0.25) is 0 Å². The molecule has 2 aliphatic rings. The molecular weight excluding hydrogens is 605 g/mol. The third-order valence-electron chi connectivity index (χ3n) is 6.14. The van der Waals surface area contributed by atoms with Crippen LogP contribution in [0.2, 0.25) is 0 Å². The Kier molecular flexibility index (Phi) is 15.2. The molecule has 0 aromatic heterocycles. The molecule has 2 aromatic rings. The Balaban J connectivity index is 1.06. The standard InChI is InChI=1S/C29H40O4S6/c30-24(20-34-11-9-28-36-13-14-37-28)18-32-26-5-1-22(2-6-26)17-23-3-7-27(8-4-23)33-19-25(31)21-35-12-10-29-38-15-16-39-29/h1-8,24-25,28-31H,9-21H2. The molecule has 0 aliphatic carbocycles. The molecule has 0 amide bonds. The third kappa shape index (κ3) is 12.8. The van der Waals surface area contributed by atoms with Crippen LogP contribution in [0.3, 0.4) is 0 Å². The molecule has 10 heteroatoms. The number of hydrogen-bond donors (Lipinski definition) is 2. The summed E-state index contributed by atoms with van der Waals surface area (Å²) in [5.74, 6) is 10.3. The van der Waals surface area contributed by atoms with Crippen molar-refractivity contribution in [3.05, 3.63) is 59.7 Å². The van der Waals surface area contributed by atoms with Crippen LogP contribution in [-0.4, -0.2) is 90.8 Å². The minimum atomic E-state index is -0.445. The molecule has 0 bridgehead atoms. The van der Waals surface area contributed by atoms with Crippen molar-refractivity contribution in [1.29, 1.82) is 0 Å². The highest BCUT2D eigenvalue weighted by molar-refractivity contribution is 8.20. The van der Waals surface area contributed by atoms with Crippen molar-refractivity contribution in [2.45, 2.75) is 40.6 Å². The van der Waals surface area contributed by atoms with Gasteiger partial charge in [-0.2, -0.15) is 23.5 Å². The lowest BCUT2D eigenvalue weighted by atomic mass is 10.0. The molecule has 216 valence electrons. The Morgan fingerprint density at radius 1 is 0.641 bits per heavy atom. The van der Waals surface area contributed by atoms with E-state index in [2.05, 4.69) is 71.3 Å². The van der Waals surface area contributed by atoms with Crippen molar-refractivity contribution in [2.24, 2.45) is 0 Å². The molecule has 2 aliphatic heterocycles. The summed E-state index contributed by atoms with van der Waals surface area (Å²) in [6.07, 6.45) is 2.37. The van der Waals surface area contributed by atoms with Crippen molar-refractivity contribution in [3.8, 4) is 11.5 Å². The normalized spacial score (nSPS) is 17.9. The molecular formula is C29H40O4S6. The van der Waals surface area contributed by atoms with Crippen molar-refractivity contribution >= 4 is 70.6 Å². The molecule has 2 N–H and O–H groups in total. The zero-order chi connectivity index (χ0) is 27.1. The topological polar surface area (TPSA) is 58.9 Å². The monoisotopic (exact) mass is 644 g/mol. The van der Waals surface area contributed by atoms with Crippen molar-refractivity contribution in [3.63, 3.8) is 0 Å². The maximum atomic E-state index is 10.2. The minimum Gasteiger partial charge on any atom is -0.491 e. The summed E-state index contributed by atoms with van der Waals surface area (Å²) in [4.78, 5) is 0. The molecule has 0 spiro atoms. The zero-order valence-electron chi connectivity index (χ0n) is 22.3. The predicted molar refractivity (Wildman–Crippen MR) is 180 cm³/mol. The summed E-state index contributed by atoms with van der Waals surface area (Å²) in [6.45, 7) is 0.653. The van der Waals surface area contributed by atoms with Crippen LogP contribution < -0.4 is 9.47 Å². The first-order chi connectivity index (χ1) is 19.1. The number of thioether (sulfide) groups is 6. The molecule has 2 atom stereocenters. The number of aliphatic hydroxyl groups is 2. The first kappa shape index (κ1) is 32.0. The van der Waals surface area contributed by atoms with Gasteiger partial charge in [0.25, 0.3) is 0 Å². The second kappa shape index (κ2) is 18.6. The third-order valence-corrected chi connectivity index (χ3v) is 14.8. The highest BCUT2D eigenvalue weighted by Gasteiger charge is 2.17. The van der Waals surface area contributed by atoms with Gasteiger partial charge in [-0.1, -0.05) is 24.3 Å². The van der Waals surface area contributed by atoms with Crippen LogP contribution in [0.1, 0.15) is 24.0 Å². The molecule has 2 saturated heterocycles. The van der Waals surface area contributed by atoms with Gasteiger partial charge in [0.05, 0.1) is 21.4 Å². The average Bonchev–Trinajstić information content (AvgIpc) is 3.68. The number of rotatable bonds is 18. The highest BCUT2D eigenvalue weighted by Crippen LogP contribution is 2.35. The molecule has 0 saturated carbocycles. The van der Waals surface area contributed by atoms with Gasteiger partial charge in [0.1, 0.15) is 24.7 Å². The minimum absolute atomic E-state index is 0.326. The van der Waals surface area contributed by atoms with Gasteiger partial charge in [0.15, 0.2) is 0 Å². The molecule has 2 heterocycles. The second-order valence-electron chi connectivity index (χ2n) is 9.46. The van der Waals surface area contributed by atoms with Gasteiger partial charge >= 0.3 is 0 Å². The van der Waals surface area contributed by atoms with Gasteiger partial charge in [-0.05, 0) is 66.2 Å². The fourth-order valence-corrected chi connectivity index (χ4v) is 12.2. The lowest BCUT2D eigenvalue weighted by molar-refractivity contribution is 0.126. The van der Waals surface area contributed by atoms with Crippen LogP contribution in [0, 0.1) is 0 Å². The van der Waals surface area contributed by atoms with E-state index < -0.39 is 12.2 Å². The Hall–Kier alpha value is 0.0600. The van der Waals surface area contributed by atoms with Crippen LogP contribution in [0.4, 0.5) is 0 Å². The van der Waals surface area contributed by atoms with Gasteiger partial charge in [-0.15, -0.1) is 47.0 Å². The van der Waals surface area contributed by atoms with Crippen molar-refractivity contribution in [2.75, 3.05) is 59.2 Å². The predicted octanol–water partition coefficient (Wildman–Crippen LogP) is 6.62. The van der Waals surface area contributed by atoms with Gasteiger partial charge in [0, 0.05) is 34.5 Å². The van der Waals surface area contributed by atoms with E-state index in [1.807, 2.05) is 47.8 Å². The van der Waals surface area contributed by atoms with Crippen LogP contribution in [0.5, 0.6) is 11.5 Å². The molecule has 2 fully saturated rings. The molecule has 2 unspecified atom stereocenters. The maximum absolute atomic E-state index is 10.2. The lowest BCUT2D eigenvalue weighted by Gasteiger charge is -2.14. The zero-order valence-corrected chi connectivity index (χ0v) is 27.2. The van der Waals surface area contributed by atoms with E-state index in [4.69, 9.17) is 9.47 Å². The average molecular weight is 645 g/mol. The van der Waals surface area contributed by atoms with Crippen LogP contribution in [0.25, 0.3) is 0 Å². The van der Waals surface area contributed by atoms with Gasteiger partial charge < -0.3 is 19.7 Å². The summed E-state index contributed by atoms with van der Waals surface area (Å²) in [7, 11) is 0. The quantitative estimate of drug-likeness (QED) is 0.173. The highest BCUT2D eigenvalue weighted by atomic mass is 32.2. The van der Waals surface area contributed by atoms with Crippen LogP contribution >= 0.6 is 70.6 Å². The molecule has 39 heavy (non-hydrogen) atoms. The number of aliphatic hydroxyl groups excluding tert-OH is 2. The molecule has 2 aromatic carbocycles. The fourth-order valence-electron chi connectivity index (χ4n) is 4.07. The summed E-state index contributed by atoms with van der Waals surface area (Å²) >= 11 is 11.9. The second-order valence-corrected chi connectivity index (χ2v) is 17.6. The van der Waals surface area contributed by atoms with Crippen molar-refractivity contribution < 1.29 is 19.7 Å². The smallest absolute Gasteiger partial charge is 0.119 e. The summed E-state index contributed by atoms with van der Waals surface area (Å²) < 4.78 is 13.1. The lowest BCUT2D eigenvalue weighted by Crippen LogP contribution is -2.20. The van der Waals surface area contributed by atoms with E-state index in [9.17, 15) is 10.2 Å². The summed E-state index contributed by atoms with van der Waals surface area (Å²) in [5.41, 5.74) is 2.41. The van der Waals surface area contributed by atoms with E-state index >= 15 is 0 Å². The van der Waals surface area contributed by atoms with Crippen molar-refractivity contribution in [1.82, 2.24) is 0 Å². The van der Waals surface area contributed by atoms with E-state index in [0.717, 1.165) is 50.1 Å². The molecule has 4 rings (SSSR count). The van der Waals surface area contributed by atoms with E-state index in [1.165, 1.54) is 47.0 Å². The van der Waals surface area contributed by atoms with Gasteiger partial charge in [-0.25, -0.2) is 0 Å². The Morgan fingerprint density at radius 3 is 1.41 bits per heavy atom. The summed E-state index contributed by atoms with van der Waals surface area (Å²) in [6, 6.07) is 16.2. The first-order valence-electron chi connectivity index (χ1n) is 13.6. The molecule has 4 nitrogen and oxygen atoms in total. The maximum Gasteiger partial charge on any atom is 0.119 e. The van der Waals surface area contributed by atoms with E-state index in [-0.39, 0.29) is 0 Å². The molecule has 0 radical (unpaired) electrons. The Labute approximate surface area is 259 Å². The van der Waals surface area contributed by atoms with Gasteiger partial charge in [0.2, 0.25) is 0 Å². The number of ether oxygens (including phenoxy) is 2. The Morgan fingerprint density at radius 2 is 1.03 bits per heavy atom. The number of hydrogen-bond acceptors (Lipinski definition) is 10. The van der Waals surface area contributed by atoms with Crippen LogP contribution in [0.15, 0.2) is 48.5 Å². The number of benzene rings is 2. The fraction of sp³-hybridized carbons (Fsp3) is 0.586. The van der Waals surface area contributed by atoms with Crippen LogP contribution in [-0.2, 0) is 6.42 Å². The summed E-state index contributed by atoms with van der Waals surface area (Å²) in [5, 5.41) is 20.5. The Bertz CT molecular complexity index is 845. The van der Waals surface area contributed by atoms with E-state index in [1.54, 1.807) is 0 Å². The first-order valence-corrected chi connectivity index (χ1v) is 20.1.